The summed E-state index contributed by atoms with van der Waals surface area (Å²) in [5.41, 5.74) is 7.88. The molecule has 3 nitrogen and oxygen atoms in total. The number of rotatable bonds is 6. The van der Waals surface area contributed by atoms with Gasteiger partial charge >= 0.3 is 0 Å². The van der Waals surface area contributed by atoms with Gasteiger partial charge in [0, 0.05) is 19.6 Å². The maximum atomic E-state index is 5.76. The Hall–Kier alpha value is -1.09. The lowest BCUT2D eigenvalue weighted by molar-refractivity contribution is 0.703. The Kier molecular flexibility index (Phi) is 5.26. The highest BCUT2D eigenvalue weighted by atomic mass is 15.1. The van der Waals surface area contributed by atoms with Gasteiger partial charge < -0.3 is 10.6 Å². The number of nitrogens with zero attached hydrogens (tertiary/aromatic N) is 2. The summed E-state index contributed by atoms with van der Waals surface area (Å²) >= 11 is 0. The predicted molar refractivity (Wildman–Crippen MR) is 69.6 cm³/mol. The van der Waals surface area contributed by atoms with Gasteiger partial charge in [-0.05, 0) is 25.5 Å². The highest BCUT2D eigenvalue weighted by molar-refractivity contribution is 5.43. The normalized spacial score (nSPS) is 12.5. The molecule has 0 bridgehead atoms. The third-order valence-corrected chi connectivity index (χ3v) is 2.78. The highest BCUT2D eigenvalue weighted by Crippen LogP contribution is 2.14. The van der Waals surface area contributed by atoms with Crippen LogP contribution in [0.3, 0.4) is 0 Å². The molecule has 0 saturated heterocycles. The van der Waals surface area contributed by atoms with E-state index in [1.54, 1.807) is 0 Å². The van der Waals surface area contributed by atoms with Crippen LogP contribution in [0.4, 0.5) is 5.69 Å². The monoisotopic (exact) mass is 221 g/mol. The van der Waals surface area contributed by atoms with Crippen molar-refractivity contribution in [2.45, 2.75) is 39.2 Å². The van der Waals surface area contributed by atoms with Gasteiger partial charge in [-0.25, -0.2) is 0 Å². The van der Waals surface area contributed by atoms with Crippen LogP contribution in [0.15, 0.2) is 18.3 Å². The minimum absolute atomic E-state index is 0.0134. The lowest BCUT2D eigenvalue weighted by Gasteiger charge is -2.19. The van der Waals surface area contributed by atoms with Gasteiger partial charge in [0.1, 0.15) is 0 Å². The topological polar surface area (TPSA) is 42.1 Å². The third kappa shape index (κ3) is 3.81. The summed E-state index contributed by atoms with van der Waals surface area (Å²) in [4.78, 5) is 6.60. The molecule has 16 heavy (non-hydrogen) atoms. The fourth-order valence-electron chi connectivity index (χ4n) is 1.62. The van der Waals surface area contributed by atoms with Crippen LogP contribution < -0.4 is 10.6 Å². The fourth-order valence-corrected chi connectivity index (χ4v) is 1.62. The van der Waals surface area contributed by atoms with Crippen LogP contribution in [0.1, 0.15) is 44.8 Å². The Morgan fingerprint density at radius 1 is 1.38 bits per heavy atom. The number of pyridine rings is 1. The van der Waals surface area contributed by atoms with E-state index in [-0.39, 0.29) is 6.04 Å². The van der Waals surface area contributed by atoms with Crippen molar-refractivity contribution in [2.24, 2.45) is 5.73 Å². The molecule has 3 heteroatoms. The first-order chi connectivity index (χ1) is 7.65. The number of aromatic nitrogens is 1. The smallest absolute Gasteiger partial charge is 0.0569 e. The number of hydrogen-bond donors (Lipinski definition) is 1. The molecule has 2 N–H and O–H groups in total. The van der Waals surface area contributed by atoms with Gasteiger partial charge in [0.05, 0.1) is 17.6 Å². The number of unbranched alkanes of at least 4 members (excludes halogenated alkanes) is 2. The molecular formula is C13H23N3. The second kappa shape index (κ2) is 6.48. The average molecular weight is 221 g/mol. The van der Waals surface area contributed by atoms with E-state index < -0.39 is 0 Å². The largest absolute Gasteiger partial charge is 0.373 e. The van der Waals surface area contributed by atoms with Crippen LogP contribution in [0.25, 0.3) is 0 Å². The van der Waals surface area contributed by atoms with Crippen LogP contribution >= 0.6 is 0 Å². The van der Waals surface area contributed by atoms with Crippen molar-refractivity contribution in [3.05, 3.63) is 24.0 Å². The van der Waals surface area contributed by atoms with Crippen molar-refractivity contribution in [3.63, 3.8) is 0 Å². The average Bonchev–Trinajstić information content (AvgIpc) is 2.29. The zero-order valence-electron chi connectivity index (χ0n) is 10.6. The van der Waals surface area contributed by atoms with E-state index in [1.807, 2.05) is 19.2 Å². The zero-order chi connectivity index (χ0) is 12.0. The second-order valence-corrected chi connectivity index (χ2v) is 4.36. The van der Waals surface area contributed by atoms with Crippen molar-refractivity contribution in [1.29, 1.82) is 0 Å². The van der Waals surface area contributed by atoms with Crippen molar-refractivity contribution >= 4 is 5.69 Å². The van der Waals surface area contributed by atoms with Crippen LogP contribution in [0.2, 0.25) is 0 Å². The van der Waals surface area contributed by atoms with Crippen LogP contribution in [0.5, 0.6) is 0 Å². The standard InChI is InChI=1S/C13H23N3/c1-4-5-6-9-16(3)12-7-8-13(11(2)14)15-10-12/h7-8,10-11H,4-6,9,14H2,1-3H3. The molecule has 0 spiro atoms. The van der Waals surface area contributed by atoms with E-state index in [2.05, 4.69) is 29.9 Å². The van der Waals surface area contributed by atoms with Crippen LogP contribution in [-0.4, -0.2) is 18.6 Å². The van der Waals surface area contributed by atoms with Gasteiger partial charge in [-0.2, -0.15) is 0 Å². The summed E-state index contributed by atoms with van der Waals surface area (Å²) in [6, 6.07) is 4.12. The summed E-state index contributed by atoms with van der Waals surface area (Å²) in [6.07, 6.45) is 5.69. The molecule has 1 unspecified atom stereocenters. The SMILES string of the molecule is CCCCCN(C)c1ccc(C(C)N)nc1. The van der Waals surface area contributed by atoms with E-state index in [9.17, 15) is 0 Å². The van der Waals surface area contributed by atoms with E-state index in [4.69, 9.17) is 5.73 Å². The molecule has 0 aliphatic rings. The van der Waals surface area contributed by atoms with Gasteiger partial charge in [0.15, 0.2) is 0 Å². The van der Waals surface area contributed by atoms with Gasteiger partial charge in [0.2, 0.25) is 0 Å². The molecular weight excluding hydrogens is 198 g/mol. The zero-order valence-corrected chi connectivity index (χ0v) is 10.6. The first kappa shape index (κ1) is 13.0. The van der Waals surface area contributed by atoms with Crippen molar-refractivity contribution < 1.29 is 0 Å². The highest BCUT2D eigenvalue weighted by Gasteiger charge is 2.03. The van der Waals surface area contributed by atoms with E-state index in [0.29, 0.717) is 0 Å². The Labute approximate surface area is 98.7 Å². The van der Waals surface area contributed by atoms with Crippen molar-refractivity contribution in [2.75, 3.05) is 18.5 Å². The Balaban J connectivity index is 2.52. The van der Waals surface area contributed by atoms with E-state index in [0.717, 1.165) is 12.2 Å². The second-order valence-electron chi connectivity index (χ2n) is 4.36. The molecule has 0 fully saturated rings. The molecule has 0 radical (unpaired) electrons. The van der Waals surface area contributed by atoms with Crippen molar-refractivity contribution in [3.8, 4) is 0 Å². The summed E-state index contributed by atoms with van der Waals surface area (Å²) < 4.78 is 0. The molecule has 0 aliphatic carbocycles. The van der Waals surface area contributed by atoms with Gasteiger partial charge in [-0.1, -0.05) is 19.8 Å². The molecule has 1 rings (SSSR count). The summed E-state index contributed by atoms with van der Waals surface area (Å²) in [6.45, 7) is 5.26. The van der Waals surface area contributed by atoms with E-state index >= 15 is 0 Å². The molecule has 0 saturated carbocycles. The van der Waals surface area contributed by atoms with Gasteiger partial charge in [0.25, 0.3) is 0 Å². The Morgan fingerprint density at radius 3 is 2.62 bits per heavy atom. The Morgan fingerprint density at radius 2 is 2.12 bits per heavy atom. The number of anilines is 1. The van der Waals surface area contributed by atoms with Gasteiger partial charge in [-0.15, -0.1) is 0 Å². The Bertz CT molecular complexity index is 293. The molecule has 1 heterocycles. The first-order valence-electron chi connectivity index (χ1n) is 6.07. The third-order valence-electron chi connectivity index (χ3n) is 2.78. The molecule has 1 aromatic rings. The summed E-state index contributed by atoms with van der Waals surface area (Å²) in [7, 11) is 2.11. The van der Waals surface area contributed by atoms with E-state index in [1.165, 1.54) is 24.9 Å². The summed E-state index contributed by atoms with van der Waals surface area (Å²) in [5.74, 6) is 0. The minimum atomic E-state index is 0.0134. The molecule has 1 aromatic heterocycles. The molecule has 0 aromatic carbocycles. The first-order valence-corrected chi connectivity index (χ1v) is 6.07. The predicted octanol–water partition coefficient (Wildman–Crippen LogP) is 2.73. The molecule has 1 atom stereocenters. The maximum Gasteiger partial charge on any atom is 0.0569 e. The fraction of sp³-hybridized carbons (Fsp3) is 0.615. The minimum Gasteiger partial charge on any atom is -0.373 e. The summed E-state index contributed by atoms with van der Waals surface area (Å²) in [5, 5.41) is 0. The van der Waals surface area contributed by atoms with Gasteiger partial charge in [-0.3, -0.25) is 4.98 Å². The number of hydrogen-bond acceptors (Lipinski definition) is 3. The quantitative estimate of drug-likeness (QED) is 0.751. The lowest BCUT2D eigenvalue weighted by Crippen LogP contribution is -2.19. The molecule has 0 aliphatic heterocycles. The maximum absolute atomic E-state index is 5.76. The van der Waals surface area contributed by atoms with Crippen LogP contribution in [0, 0.1) is 0 Å². The number of nitrogens with two attached hydrogens (primary N) is 1. The van der Waals surface area contributed by atoms with Crippen LogP contribution in [-0.2, 0) is 0 Å². The molecule has 0 amide bonds. The lowest BCUT2D eigenvalue weighted by atomic mass is 10.2. The molecule has 90 valence electrons. The van der Waals surface area contributed by atoms with Crippen molar-refractivity contribution in [1.82, 2.24) is 4.98 Å².